The normalized spacial score (nSPS) is 39.1. The van der Waals surface area contributed by atoms with Gasteiger partial charge in [0.1, 0.15) is 0 Å². The first-order valence-electron chi connectivity index (χ1n) is 5.04. The number of rotatable bonds is 1. The standard InChI is InChI=1S/C10H17NO2/c1-11-7-3-5-8(10(12)13-2)9(11)6-4-7/h7-9H,3-6H2,1-2H3/t7?,8-,9?/m0/s1. The van der Waals surface area contributed by atoms with E-state index in [0.717, 1.165) is 18.9 Å². The molecule has 2 aliphatic rings. The molecule has 0 saturated carbocycles. The van der Waals surface area contributed by atoms with Crippen LogP contribution in [0.3, 0.4) is 0 Å². The Bertz CT molecular complexity index is 217. The van der Waals surface area contributed by atoms with Crippen LogP contribution in [0.25, 0.3) is 0 Å². The highest BCUT2D eigenvalue weighted by Gasteiger charge is 2.43. The largest absolute Gasteiger partial charge is 0.469 e. The van der Waals surface area contributed by atoms with Gasteiger partial charge in [0, 0.05) is 12.1 Å². The fraction of sp³-hybridized carbons (Fsp3) is 0.900. The second-order valence-corrected chi connectivity index (χ2v) is 4.17. The van der Waals surface area contributed by atoms with Gasteiger partial charge in [-0.3, -0.25) is 9.69 Å². The first kappa shape index (κ1) is 9.00. The molecule has 3 nitrogen and oxygen atoms in total. The highest BCUT2D eigenvalue weighted by Crippen LogP contribution is 2.38. The molecule has 3 heteroatoms. The average Bonchev–Trinajstić information content (AvgIpc) is 2.41. The molecule has 0 N–H and O–H groups in total. The van der Waals surface area contributed by atoms with Crippen LogP contribution in [0.15, 0.2) is 0 Å². The van der Waals surface area contributed by atoms with E-state index in [4.69, 9.17) is 4.74 Å². The number of fused-ring (bicyclic) bond motifs is 2. The van der Waals surface area contributed by atoms with Gasteiger partial charge in [0.15, 0.2) is 0 Å². The van der Waals surface area contributed by atoms with Crippen LogP contribution in [-0.2, 0) is 9.53 Å². The lowest BCUT2D eigenvalue weighted by molar-refractivity contribution is -0.149. The smallest absolute Gasteiger partial charge is 0.310 e. The van der Waals surface area contributed by atoms with E-state index >= 15 is 0 Å². The number of carbonyl (C=O) groups excluding carboxylic acids is 1. The lowest BCUT2D eigenvalue weighted by atomic mass is 9.91. The van der Waals surface area contributed by atoms with Crippen molar-refractivity contribution in [3.8, 4) is 0 Å². The van der Waals surface area contributed by atoms with Crippen molar-refractivity contribution < 1.29 is 9.53 Å². The molecule has 0 aromatic heterocycles. The summed E-state index contributed by atoms with van der Waals surface area (Å²) in [7, 11) is 3.63. The maximum atomic E-state index is 11.5. The van der Waals surface area contributed by atoms with E-state index in [1.54, 1.807) is 0 Å². The minimum Gasteiger partial charge on any atom is -0.469 e. The van der Waals surface area contributed by atoms with Crippen molar-refractivity contribution in [1.82, 2.24) is 4.90 Å². The molecule has 0 radical (unpaired) electrons. The second kappa shape index (κ2) is 3.29. The number of nitrogens with zero attached hydrogens (tertiary/aromatic N) is 1. The van der Waals surface area contributed by atoms with Crippen LogP contribution in [0, 0.1) is 5.92 Å². The Labute approximate surface area is 79.0 Å². The fourth-order valence-electron chi connectivity index (χ4n) is 2.86. The Morgan fingerprint density at radius 3 is 2.69 bits per heavy atom. The van der Waals surface area contributed by atoms with Crippen molar-refractivity contribution in [2.75, 3.05) is 14.2 Å². The van der Waals surface area contributed by atoms with Crippen molar-refractivity contribution in [2.24, 2.45) is 5.92 Å². The zero-order valence-electron chi connectivity index (χ0n) is 8.32. The summed E-state index contributed by atoms with van der Waals surface area (Å²) in [6, 6.07) is 1.18. The molecule has 2 heterocycles. The van der Waals surface area contributed by atoms with Gasteiger partial charge in [0.25, 0.3) is 0 Å². The van der Waals surface area contributed by atoms with Gasteiger partial charge in [-0.2, -0.15) is 0 Å². The molecule has 2 unspecified atom stereocenters. The lowest BCUT2D eigenvalue weighted by Crippen LogP contribution is -2.45. The summed E-state index contributed by atoms with van der Waals surface area (Å²) in [5.41, 5.74) is 0. The van der Waals surface area contributed by atoms with E-state index in [2.05, 4.69) is 11.9 Å². The van der Waals surface area contributed by atoms with Crippen molar-refractivity contribution >= 4 is 5.97 Å². The summed E-state index contributed by atoms with van der Waals surface area (Å²) >= 11 is 0. The molecule has 0 aliphatic carbocycles. The molecule has 74 valence electrons. The van der Waals surface area contributed by atoms with Crippen LogP contribution in [0.5, 0.6) is 0 Å². The number of hydrogen-bond donors (Lipinski definition) is 0. The first-order chi connectivity index (χ1) is 6.24. The summed E-state index contributed by atoms with van der Waals surface area (Å²) in [6.45, 7) is 0. The van der Waals surface area contributed by atoms with Crippen molar-refractivity contribution in [1.29, 1.82) is 0 Å². The van der Waals surface area contributed by atoms with E-state index in [1.807, 2.05) is 0 Å². The van der Waals surface area contributed by atoms with Crippen molar-refractivity contribution in [2.45, 2.75) is 37.8 Å². The Balaban J connectivity index is 2.10. The quantitative estimate of drug-likeness (QED) is 0.569. The summed E-state index contributed by atoms with van der Waals surface area (Å²) < 4.78 is 4.82. The zero-order chi connectivity index (χ0) is 9.42. The average molecular weight is 183 g/mol. The van der Waals surface area contributed by atoms with Crippen LogP contribution in [0.1, 0.15) is 25.7 Å². The minimum atomic E-state index is -0.0165. The SMILES string of the molecule is COC(=O)[C@H]1CCC2CCC1N2C. The second-order valence-electron chi connectivity index (χ2n) is 4.17. The molecular formula is C10H17NO2. The van der Waals surface area contributed by atoms with Crippen LogP contribution < -0.4 is 0 Å². The number of esters is 1. The molecule has 3 atom stereocenters. The Kier molecular flexibility index (Phi) is 2.28. The van der Waals surface area contributed by atoms with Gasteiger partial charge in [-0.25, -0.2) is 0 Å². The maximum absolute atomic E-state index is 11.5. The highest BCUT2D eigenvalue weighted by atomic mass is 16.5. The highest BCUT2D eigenvalue weighted by molar-refractivity contribution is 5.73. The predicted molar refractivity (Wildman–Crippen MR) is 49.3 cm³/mol. The van der Waals surface area contributed by atoms with Crippen LogP contribution in [0.4, 0.5) is 0 Å². The van der Waals surface area contributed by atoms with E-state index in [1.165, 1.54) is 20.0 Å². The van der Waals surface area contributed by atoms with Gasteiger partial charge < -0.3 is 4.74 Å². The molecule has 2 bridgehead atoms. The van der Waals surface area contributed by atoms with E-state index in [0.29, 0.717) is 6.04 Å². The number of piperidine rings is 1. The molecule has 0 aromatic rings. The molecule has 13 heavy (non-hydrogen) atoms. The Hall–Kier alpha value is -0.570. The predicted octanol–water partition coefficient (Wildman–Crippen LogP) is 1.03. The Morgan fingerprint density at radius 2 is 2.00 bits per heavy atom. The van der Waals surface area contributed by atoms with Gasteiger partial charge in [-0.15, -0.1) is 0 Å². The number of ether oxygens (including phenoxy) is 1. The van der Waals surface area contributed by atoms with Crippen molar-refractivity contribution in [3.63, 3.8) is 0 Å². The number of methoxy groups -OCH3 is 1. The molecule has 2 rings (SSSR count). The third-order valence-electron chi connectivity index (χ3n) is 3.67. The number of hydrogen-bond acceptors (Lipinski definition) is 3. The summed E-state index contributed by atoms with van der Waals surface area (Å²) in [5.74, 6) is 0.117. The van der Waals surface area contributed by atoms with Crippen LogP contribution in [0.2, 0.25) is 0 Å². The molecule has 2 aliphatic heterocycles. The monoisotopic (exact) mass is 183 g/mol. The maximum Gasteiger partial charge on any atom is 0.310 e. The van der Waals surface area contributed by atoms with E-state index in [-0.39, 0.29) is 11.9 Å². The third-order valence-corrected chi connectivity index (χ3v) is 3.67. The van der Waals surface area contributed by atoms with Gasteiger partial charge in [-0.05, 0) is 32.7 Å². The van der Waals surface area contributed by atoms with E-state index < -0.39 is 0 Å². The topological polar surface area (TPSA) is 29.5 Å². The number of carbonyl (C=O) groups is 1. The molecule has 0 spiro atoms. The van der Waals surface area contributed by atoms with Gasteiger partial charge in [-0.1, -0.05) is 0 Å². The molecule has 0 amide bonds. The van der Waals surface area contributed by atoms with Crippen LogP contribution >= 0.6 is 0 Å². The van der Waals surface area contributed by atoms with Gasteiger partial charge in [0.2, 0.25) is 0 Å². The third kappa shape index (κ3) is 1.35. The van der Waals surface area contributed by atoms with Crippen LogP contribution in [-0.4, -0.2) is 37.1 Å². The van der Waals surface area contributed by atoms with Gasteiger partial charge in [0.05, 0.1) is 13.0 Å². The zero-order valence-corrected chi connectivity index (χ0v) is 8.32. The molecular weight excluding hydrogens is 166 g/mol. The minimum absolute atomic E-state index is 0.0165. The van der Waals surface area contributed by atoms with Gasteiger partial charge >= 0.3 is 5.97 Å². The molecule has 2 saturated heterocycles. The van der Waals surface area contributed by atoms with E-state index in [9.17, 15) is 4.79 Å². The molecule has 2 fully saturated rings. The fourth-order valence-corrected chi connectivity index (χ4v) is 2.86. The van der Waals surface area contributed by atoms with Crippen molar-refractivity contribution in [3.05, 3.63) is 0 Å². The lowest BCUT2D eigenvalue weighted by Gasteiger charge is -2.35. The summed E-state index contributed by atoms with van der Waals surface area (Å²) in [5, 5.41) is 0. The molecule has 0 aromatic carbocycles. The first-order valence-corrected chi connectivity index (χ1v) is 5.04. The summed E-state index contributed by atoms with van der Waals surface area (Å²) in [6.07, 6.45) is 4.61. The summed E-state index contributed by atoms with van der Waals surface area (Å²) in [4.78, 5) is 13.8. The Morgan fingerprint density at radius 1 is 1.31 bits per heavy atom.